The monoisotopic (exact) mass is 598 g/mol. The van der Waals surface area contributed by atoms with Crippen molar-refractivity contribution in [1.29, 1.82) is 0 Å². The number of halogens is 3. The second-order valence-electron chi connectivity index (χ2n) is 10.3. The molecule has 0 radical (unpaired) electrons. The van der Waals surface area contributed by atoms with E-state index in [1.54, 1.807) is 35.5 Å². The van der Waals surface area contributed by atoms with Crippen LogP contribution < -0.4 is 10.6 Å². The first kappa shape index (κ1) is 29.2. The fraction of sp³-hybridized carbons (Fsp3) is 0.333. The zero-order valence-electron chi connectivity index (χ0n) is 23.0. The quantitative estimate of drug-likeness (QED) is 0.308. The maximum Gasteiger partial charge on any atom is 0.411 e. The number of aromatic nitrogens is 1. The number of carbonyl (C=O) groups excluding carboxylic acids is 3. The summed E-state index contributed by atoms with van der Waals surface area (Å²) >= 11 is 5.86. The second kappa shape index (κ2) is 12.3. The smallest absolute Gasteiger partial charge is 0.411 e. The van der Waals surface area contributed by atoms with Gasteiger partial charge in [-0.1, -0.05) is 31.0 Å². The van der Waals surface area contributed by atoms with Gasteiger partial charge in [0.1, 0.15) is 11.9 Å². The van der Waals surface area contributed by atoms with Gasteiger partial charge in [-0.3, -0.25) is 15.1 Å². The molecule has 42 heavy (non-hydrogen) atoms. The number of nitrogens with zero attached hydrogens (tertiary/aromatic N) is 2. The van der Waals surface area contributed by atoms with Gasteiger partial charge in [0.15, 0.2) is 5.82 Å². The van der Waals surface area contributed by atoms with Crippen LogP contribution in [0.25, 0.3) is 11.1 Å². The van der Waals surface area contributed by atoms with Gasteiger partial charge in [-0.05, 0) is 48.7 Å². The Morgan fingerprint density at radius 3 is 2.71 bits per heavy atom. The summed E-state index contributed by atoms with van der Waals surface area (Å²) < 4.78 is 39.4. The van der Waals surface area contributed by atoms with E-state index in [9.17, 15) is 23.2 Å². The molecule has 9 nitrogen and oxygen atoms in total. The number of pyridine rings is 1. The Morgan fingerprint density at radius 1 is 1.14 bits per heavy atom. The maximum atomic E-state index is 14.7. The lowest BCUT2D eigenvalue weighted by Crippen LogP contribution is -2.42. The first-order chi connectivity index (χ1) is 20.2. The molecule has 1 unspecified atom stereocenters. The lowest BCUT2D eigenvalue weighted by molar-refractivity contribution is -0.119. The van der Waals surface area contributed by atoms with Crippen molar-refractivity contribution in [2.75, 3.05) is 24.3 Å². The molecule has 220 valence electrons. The van der Waals surface area contributed by atoms with Crippen LogP contribution in [0, 0.1) is 17.6 Å². The molecule has 2 aromatic carbocycles. The van der Waals surface area contributed by atoms with Gasteiger partial charge in [-0.15, -0.1) is 0 Å². The SMILES string of the molecule is COC(=O)Nc1ccc2c(c1)NC(=O)[C@H](C)CCC[C@H](N1CCC(c3c(F)ccc(Cl)c3F)OC1=O)c1cncc-2c1. The summed E-state index contributed by atoms with van der Waals surface area (Å²) in [5, 5.41) is 5.32. The van der Waals surface area contributed by atoms with Gasteiger partial charge in [0.25, 0.3) is 0 Å². The van der Waals surface area contributed by atoms with Gasteiger partial charge in [0, 0.05) is 48.1 Å². The predicted molar refractivity (Wildman–Crippen MR) is 152 cm³/mol. The number of hydrogen-bond donors (Lipinski definition) is 2. The molecule has 5 rings (SSSR count). The number of cyclic esters (lactones) is 1. The van der Waals surface area contributed by atoms with Crippen LogP contribution in [0.4, 0.5) is 29.7 Å². The minimum Gasteiger partial charge on any atom is -0.453 e. The average molecular weight is 599 g/mol. The van der Waals surface area contributed by atoms with Crippen LogP contribution in [0.2, 0.25) is 5.02 Å². The van der Waals surface area contributed by atoms with Crippen molar-refractivity contribution in [2.24, 2.45) is 5.92 Å². The number of fused-ring (bicyclic) bond motifs is 4. The van der Waals surface area contributed by atoms with Crippen molar-refractivity contribution in [3.05, 3.63) is 76.6 Å². The lowest BCUT2D eigenvalue weighted by Gasteiger charge is -2.38. The fourth-order valence-electron chi connectivity index (χ4n) is 5.36. The van der Waals surface area contributed by atoms with Crippen LogP contribution in [-0.2, 0) is 14.3 Å². The third kappa shape index (κ3) is 6.01. The Kier molecular flexibility index (Phi) is 8.58. The zero-order valence-corrected chi connectivity index (χ0v) is 23.7. The minimum atomic E-state index is -1.12. The van der Waals surface area contributed by atoms with Crippen LogP contribution >= 0.6 is 11.6 Å². The number of nitrogens with one attached hydrogen (secondary N) is 2. The lowest BCUT2D eigenvalue weighted by atomic mass is 9.93. The second-order valence-corrected chi connectivity index (χ2v) is 10.7. The van der Waals surface area contributed by atoms with Crippen LogP contribution in [0.1, 0.15) is 55.9 Å². The minimum absolute atomic E-state index is 0.154. The highest BCUT2D eigenvalue weighted by Gasteiger charge is 2.36. The molecule has 12 heteroatoms. The van der Waals surface area contributed by atoms with E-state index in [0.29, 0.717) is 41.8 Å². The third-order valence-corrected chi connectivity index (χ3v) is 7.91. The zero-order chi connectivity index (χ0) is 30.0. The summed E-state index contributed by atoms with van der Waals surface area (Å²) in [6.07, 6.45) is 2.64. The van der Waals surface area contributed by atoms with Gasteiger partial charge >= 0.3 is 12.2 Å². The van der Waals surface area contributed by atoms with E-state index in [1.807, 2.05) is 13.0 Å². The topological polar surface area (TPSA) is 110 Å². The molecule has 0 spiro atoms. The molecular weight excluding hydrogens is 570 g/mol. The third-order valence-electron chi connectivity index (χ3n) is 7.61. The van der Waals surface area contributed by atoms with Crippen molar-refractivity contribution in [3.63, 3.8) is 0 Å². The summed E-state index contributed by atoms with van der Waals surface area (Å²) in [6.45, 7) is 2.00. The Morgan fingerprint density at radius 2 is 1.95 bits per heavy atom. The van der Waals surface area contributed by atoms with Gasteiger partial charge < -0.3 is 19.7 Å². The van der Waals surface area contributed by atoms with E-state index in [-0.39, 0.29) is 35.4 Å². The van der Waals surface area contributed by atoms with Crippen molar-refractivity contribution in [2.45, 2.75) is 44.8 Å². The molecule has 3 aromatic rings. The summed E-state index contributed by atoms with van der Waals surface area (Å²) in [5.74, 6) is -2.32. The van der Waals surface area contributed by atoms with Crippen LogP contribution in [-0.4, -0.2) is 41.6 Å². The van der Waals surface area contributed by atoms with Crippen molar-refractivity contribution in [3.8, 4) is 11.1 Å². The summed E-state index contributed by atoms with van der Waals surface area (Å²) in [5.41, 5.74) is 2.62. The molecule has 0 saturated carbocycles. The Balaban J connectivity index is 1.48. The number of rotatable bonds is 3. The molecule has 3 atom stereocenters. The molecule has 2 bridgehead atoms. The maximum absolute atomic E-state index is 14.7. The van der Waals surface area contributed by atoms with E-state index in [4.69, 9.17) is 16.3 Å². The highest BCUT2D eigenvalue weighted by molar-refractivity contribution is 6.30. The van der Waals surface area contributed by atoms with Crippen LogP contribution in [0.3, 0.4) is 0 Å². The molecule has 1 fully saturated rings. The van der Waals surface area contributed by atoms with E-state index in [1.165, 1.54) is 7.11 Å². The molecule has 3 amide bonds. The van der Waals surface area contributed by atoms with E-state index in [0.717, 1.165) is 17.7 Å². The number of carbonyl (C=O) groups is 3. The average Bonchev–Trinajstić information content (AvgIpc) is 2.97. The fourth-order valence-corrected chi connectivity index (χ4v) is 5.53. The largest absolute Gasteiger partial charge is 0.453 e. The highest BCUT2D eigenvalue weighted by Crippen LogP contribution is 2.39. The van der Waals surface area contributed by atoms with Crippen molar-refractivity contribution >= 4 is 41.1 Å². The molecule has 3 heterocycles. The number of benzene rings is 2. The normalized spacial score (nSPS) is 20.8. The van der Waals surface area contributed by atoms with Crippen molar-refractivity contribution in [1.82, 2.24) is 9.88 Å². The number of methoxy groups -OCH3 is 1. The highest BCUT2D eigenvalue weighted by atomic mass is 35.5. The molecule has 0 aliphatic carbocycles. The van der Waals surface area contributed by atoms with E-state index < -0.39 is 36.0 Å². The van der Waals surface area contributed by atoms with Crippen molar-refractivity contribution < 1.29 is 32.6 Å². The molecular formula is C30H29ClF2N4O5. The van der Waals surface area contributed by atoms with Crippen LogP contribution in [0.5, 0.6) is 0 Å². The van der Waals surface area contributed by atoms with Gasteiger partial charge in [-0.2, -0.15) is 0 Å². The molecule has 1 saturated heterocycles. The number of hydrogen-bond acceptors (Lipinski definition) is 6. The Labute approximate surface area is 246 Å². The van der Waals surface area contributed by atoms with E-state index in [2.05, 4.69) is 20.4 Å². The predicted octanol–water partition coefficient (Wildman–Crippen LogP) is 7.24. The summed E-state index contributed by atoms with van der Waals surface area (Å²) in [4.78, 5) is 44.1. The van der Waals surface area contributed by atoms with Crippen LogP contribution in [0.15, 0.2) is 48.8 Å². The van der Waals surface area contributed by atoms with Gasteiger partial charge in [-0.25, -0.2) is 18.4 Å². The Hall–Kier alpha value is -4.25. The summed E-state index contributed by atoms with van der Waals surface area (Å²) in [7, 11) is 1.26. The summed E-state index contributed by atoms with van der Waals surface area (Å²) in [6, 6.07) is 8.67. The van der Waals surface area contributed by atoms with Gasteiger partial charge in [0.2, 0.25) is 5.91 Å². The number of ether oxygens (including phenoxy) is 2. The van der Waals surface area contributed by atoms with E-state index >= 15 is 0 Å². The first-order valence-electron chi connectivity index (χ1n) is 13.5. The first-order valence-corrected chi connectivity index (χ1v) is 13.9. The number of anilines is 2. The number of amides is 3. The molecule has 2 N–H and O–H groups in total. The molecule has 2 aliphatic heterocycles. The molecule has 1 aromatic heterocycles. The standard InChI is InChI=1S/C30H29ClF2N4O5/c1-16-4-3-5-24(37-11-10-25(42-30(37)40)26-22(32)9-8-21(31)27(26)33)18-12-17(14-34-15-18)20-7-6-19(35-29(39)41-2)13-23(20)36-28(16)38/h6-9,12-16,24-25H,3-5,10-11H2,1-2H3,(H,35,39)(H,36,38)/t16-,24+,25?/m1/s1. The van der Waals surface area contributed by atoms with Gasteiger partial charge in [0.05, 0.1) is 29.4 Å². The molecule has 2 aliphatic rings. The Bertz CT molecular complexity index is 1540.